The summed E-state index contributed by atoms with van der Waals surface area (Å²) in [6.07, 6.45) is 17.6. The zero-order valence-electron chi connectivity index (χ0n) is 25.1. The predicted octanol–water partition coefficient (Wildman–Crippen LogP) is 8.77. The molecular formula is C36H39IrN6-. The van der Waals surface area contributed by atoms with Gasteiger partial charge in [0.05, 0.1) is 0 Å². The molecule has 0 bridgehead atoms. The Kier molecular flexibility index (Phi) is 12.6. The molecule has 5 rings (SSSR count). The first-order chi connectivity index (χ1) is 20.7. The largest absolute Gasteiger partial charge is 0.304 e. The summed E-state index contributed by atoms with van der Waals surface area (Å²) in [6.45, 7) is 4.47. The van der Waals surface area contributed by atoms with Gasteiger partial charge in [-0.05, 0) is 54.6 Å². The van der Waals surface area contributed by atoms with Crippen molar-refractivity contribution in [1.82, 2.24) is 29.9 Å². The van der Waals surface area contributed by atoms with E-state index in [1.54, 1.807) is 6.20 Å². The van der Waals surface area contributed by atoms with Gasteiger partial charge in [-0.25, -0.2) is 15.0 Å². The molecule has 223 valence electrons. The average molecular weight is 748 g/mol. The van der Waals surface area contributed by atoms with Gasteiger partial charge in [0, 0.05) is 44.3 Å². The molecule has 0 fully saturated rings. The van der Waals surface area contributed by atoms with Crippen molar-refractivity contribution in [2.24, 2.45) is 0 Å². The van der Waals surface area contributed by atoms with E-state index in [1.165, 1.54) is 62.5 Å². The van der Waals surface area contributed by atoms with Crippen LogP contribution in [0.2, 0.25) is 0 Å². The van der Waals surface area contributed by atoms with Crippen LogP contribution in [0, 0.1) is 6.07 Å². The van der Waals surface area contributed by atoms with Crippen LogP contribution in [-0.2, 0) is 32.9 Å². The molecule has 43 heavy (non-hydrogen) atoms. The van der Waals surface area contributed by atoms with Gasteiger partial charge in [0.1, 0.15) is 11.4 Å². The number of aryl methyl sites for hydroxylation is 2. The van der Waals surface area contributed by atoms with Crippen molar-refractivity contribution in [2.45, 2.75) is 78.1 Å². The second-order valence-electron chi connectivity index (χ2n) is 10.7. The summed E-state index contributed by atoms with van der Waals surface area (Å²) in [4.78, 5) is 28.6. The van der Waals surface area contributed by atoms with Crippen LogP contribution in [0.25, 0.3) is 45.7 Å². The topological polar surface area (TPSA) is 77.3 Å². The van der Waals surface area contributed by atoms with Gasteiger partial charge in [0.2, 0.25) is 0 Å². The Morgan fingerprint density at radius 2 is 1.09 bits per heavy atom. The van der Waals surface area contributed by atoms with Crippen molar-refractivity contribution in [3.05, 3.63) is 96.4 Å². The Labute approximate surface area is 269 Å². The number of aromatic nitrogens is 6. The number of benzene rings is 1. The summed E-state index contributed by atoms with van der Waals surface area (Å²) in [5.74, 6) is 1.60. The molecule has 0 N–H and O–H groups in total. The summed E-state index contributed by atoms with van der Waals surface area (Å²) in [5.41, 5.74) is 6.50. The van der Waals surface area contributed by atoms with E-state index in [0.29, 0.717) is 28.9 Å². The number of pyridine rings is 3. The average Bonchev–Trinajstić information content (AvgIpc) is 3.06. The smallest absolute Gasteiger partial charge is 0.182 e. The number of nitrogens with zero attached hydrogens (tertiary/aromatic N) is 6. The van der Waals surface area contributed by atoms with Crippen LogP contribution < -0.4 is 0 Å². The van der Waals surface area contributed by atoms with Gasteiger partial charge >= 0.3 is 0 Å². The maximum atomic E-state index is 4.83. The van der Waals surface area contributed by atoms with Gasteiger partial charge in [0.15, 0.2) is 17.5 Å². The van der Waals surface area contributed by atoms with Crippen LogP contribution >= 0.6 is 0 Å². The van der Waals surface area contributed by atoms with E-state index in [2.05, 4.69) is 37.0 Å². The zero-order valence-corrected chi connectivity index (χ0v) is 27.5. The van der Waals surface area contributed by atoms with E-state index >= 15 is 0 Å². The van der Waals surface area contributed by atoms with E-state index in [4.69, 9.17) is 24.9 Å². The van der Waals surface area contributed by atoms with E-state index in [1.807, 2.05) is 60.9 Å². The molecule has 0 unspecified atom stereocenters. The maximum Gasteiger partial charge on any atom is 0.182 e. The molecule has 1 aromatic carbocycles. The van der Waals surface area contributed by atoms with Crippen molar-refractivity contribution in [3.8, 4) is 45.7 Å². The number of rotatable bonds is 14. The first-order valence-corrected chi connectivity index (χ1v) is 15.3. The SMILES string of the molecule is CCCCCCc1ccc(-c2nc(-c3ccc(-c4[c-]cccc4)nc3)nc(-c3ccc(CCCCCC)cn3)n2)nc1.[Ir]. The number of hydrogen-bond acceptors (Lipinski definition) is 6. The van der Waals surface area contributed by atoms with E-state index in [0.717, 1.165) is 29.7 Å². The van der Waals surface area contributed by atoms with Gasteiger partial charge in [-0.2, -0.15) is 0 Å². The van der Waals surface area contributed by atoms with Crippen molar-refractivity contribution >= 4 is 0 Å². The second-order valence-corrected chi connectivity index (χ2v) is 10.7. The molecule has 7 heteroatoms. The summed E-state index contributed by atoms with van der Waals surface area (Å²) in [5, 5.41) is 0. The van der Waals surface area contributed by atoms with Gasteiger partial charge < -0.3 is 4.98 Å². The van der Waals surface area contributed by atoms with Crippen molar-refractivity contribution in [1.29, 1.82) is 0 Å². The molecule has 0 aliphatic rings. The fourth-order valence-electron chi connectivity index (χ4n) is 4.89. The van der Waals surface area contributed by atoms with Crippen LogP contribution in [0.5, 0.6) is 0 Å². The Balaban J connectivity index is 0.00000423. The molecule has 0 atom stereocenters. The van der Waals surface area contributed by atoms with Gasteiger partial charge in [-0.1, -0.05) is 76.6 Å². The van der Waals surface area contributed by atoms with E-state index < -0.39 is 0 Å². The van der Waals surface area contributed by atoms with Crippen LogP contribution in [0.1, 0.15) is 76.3 Å². The van der Waals surface area contributed by atoms with Crippen molar-refractivity contribution in [2.75, 3.05) is 0 Å². The Morgan fingerprint density at radius 3 is 1.56 bits per heavy atom. The molecule has 0 saturated heterocycles. The summed E-state index contributed by atoms with van der Waals surface area (Å²) in [7, 11) is 0. The van der Waals surface area contributed by atoms with Gasteiger partial charge in [-0.3, -0.25) is 9.97 Å². The molecule has 1 radical (unpaired) electrons. The van der Waals surface area contributed by atoms with E-state index in [-0.39, 0.29) is 20.1 Å². The van der Waals surface area contributed by atoms with Crippen LogP contribution in [0.4, 0.5) is 0 Å². The molecule has 0 saturated carbocycles. The molecule has 4 aromatic heterocycles. The van der Waals surface area contributed by atoms with Crippen molar-refractivity contribution in [3.63, 3.8) is 0 Å². The maximum absolute atomic E-state index is 4.83. The van der Waals surface area contributed by atoms with Gasteiger partial charge in [0.25, 0.3) is 0 Å². The predicted molar refractivity (Wildman–Crippen MR) is 169 cm³/mol. The molecular weight excluding hydrogens is 709 g/mol. The Morgan fingerprint density at radius 1 is 0.535 bits per heavy atom. The fraction of sp³-hybridized carbons (Fsp3) is 0.333. The molecule has 5 aromatic rings. The van der Waals surface area contributed by atoms with Crippen LogP contribution in [-0.4, -0.2) is 29.9 Å². The zero-order chi connectivity index (χ0) is 29.0. The molecule has 4 heterocycles. The number of unbranched alkanes of at least 4 members (excludes halogenated alkanes) is 6. The van der Waals surface area contributed by atoms with Crippen LogP contribution in [0.3, 0.4) is 0 Å². The summed E-state index contributed by atoms with van der Waals surface area (Å²) >= 11 is 0. The number of hydrogen-bond donors (Lipinski definition) is 0. The third-order valence-electron chi connectivity index (χ3n) is 7.39. The monoisotopic (exact) mass is 748 g/mol. The third-order valence-corrected chi connectivity index (χ3v) is 7.39. The summed E-state index contributed by atoms with van der Waals surface area (Å²) < 4.78 is 0. The third kappa shape index (κ3) is 9.16. The first kappa shape index (κ1) is 32.2. The second kappa shape index (κ2) is 16.8. The minimum atomic E-state index is 0. The standard InChI is InChI=1S/C36H39N6.Ir/c1-3-5-7-10-14-27-18-21-32(37-24-27)35-40-34(30-20-23-31(39-26-30)29-16-12-9-13-17-29)41-36(42-35)33-22-19-28(25-38-33)15-11-8-6-4-2;/h9,12-13,16,18-26H,3-8,10-11,14-15H2,1-2H3;/q-1;. The van der Waals surface area contributed by atoms with Crippen molar-refractivity contribution < 1.29 is 20.1 Å². The normalized spacial score (nSPS) is 10.8. The minimum Gasteiger partial charge on any atom is -0.304 e. The van der Waals surface area contributed by atoms with E-state index in [9.17, 15) is 0 Å². The van der Waals surface area contributed by atoms with Crippen LogP contribution in [0.15, 0.2) is 79.3 Å². The fourth-order valence-corrected chi connectivity index (χ4v) is 4.89. The minimum absolute atomic E-state index is 0. The molecule has 0 amide bonds. The molecule has 6 nitrogen and oxygen atoms in total. The summed E-state index contributed by atoms with van der Waals surface area (Å²) in [6, 6.07) is 23.3. The molecule has 0 aliphatic heterocycles. The molecule has 0 aliphatic carbocycles. The van der Waals surface area contributed by atoms with Gasteiger partial charge in [-0.15, -0.1) is 35.9 Å². The Bertz CT molecular complexity index is 1450. The quantitative estimate of drug-likeness (QED) is 0.0836. The Hall–Kier alpha value is -3.67. The molecule has 0 spiro atoms. The first-order valence-electron chi connectivity index (χ1n) is 15.3.